The van der Waals surface area contributed by atoms with E-state index in [0.717, 1.165) is 24.9 Å². The molecule has 156 valence electrons. The predicted molar refractivity (Wildman–Crippen MR) is 101 cm³/mol. The van der Waals surface area contributed by atoms with Crippen molar-refractivity contribution >= 4 is 11.9 Å². The Bertz CT molecular complexity index is 785. The molecule has 0 bridgehead atoms. The maximum absolute atomic E-state index is 12.5. The number of anilines is 1. The third-order valence-corrected chi connectivity index (χ3v) is 4.65. The van der Waals surface area contributed by atoms with Gasteiger partial charge in [0.05, 0.1) is 12.5 Å². The van der Waals surface area contributed by atoms with E-state index < -0.39 is 12.8 Å². The van der Waals surface area contributed by atoms with E-state index in [1.54, 1.807) is 42.7 Å². The SMILES string of the molecule is O=C(NCc1ccc(COCC(F)(F)F)cc1)C1CCCN(c2ncccn2)C1. The molecule has 2 heterocycles. The van der Waals surface area contributed by atoms with E-state index in [1.807, 2.05) is 4.90 Å². The molecule has 1 atom stereocenters. The third-order valence-electron chi connectivity index (χ3n) is 4.65. The molecule has 6 nitrogen and oxygen atoms in total. The average Bonchev–Trinajstić information content (AvgIpc) is 2.73. The second-order valence-electron chi connectivity index (χ2n) is 6.98. The van der Waals surface area contributed by atoms with Crippen LogP contribution in [0.2, 0.25) is 0 Å². The maximum Gasteiger partial charge on any atom is 0.411 e. The number of hydrogen-bond acceptors (Lipinski definition) is 5. The van der Waals surface area contributed by atoms with Crippen molar-refractivity contribution in [2.75, 3.05) is 24.6 Å². The van der Waals surface area contributed by atoms with Gasteiger partial charge in [0.2, 0.25) is 11.9 Å². The van der Waals surface area contributed by atoms with E-state index in [-0.39, 0.29) is 18.4 Å². The molecule has 1 saturated heterocycles. The number of ether oxygens (including phenoxy) is 1. The van der Waals surface area contributed by atoms with Gasteiger partial charge in [0, 0.05) is 32.0 Å². The van der Waals surface area contributed by atoms with Crippen LogP contribution in [0.5, 0.6) is 0 Å². The third kappa shape index (κ3) is 6.70. The zero-order valence-electron chi connectivity index (χ0n) is 15.9. The Balaban J connectivity index is 1.45. The fourth-order valence-corrected chi connectivity index (χ4v) is 3.20. The standard InChI is InChI=1S/C20H23F3N4O2/c21-20(22,23)14-29-13-16-6-4-15(5-7-16)11-26-18(28)17-3-1-10-27(12-17)19-24-8-2-9-25-19/h2,4-9,17H,1,3,10-14H2,(H,26,28). The minimum absolute atomic E-state index is 0.0248. The number of aromatic nitrogens is 2. The highest BCUT2D eigenvalue weighted by Crippen LogP contribution is 2.20. The largest absolute Gasteiger partial charge is 0.411 e. The maximum atomic E-state index is 12.5. The first-order valence-electron chi connectivity index (χ1n) is 9.43. The van der Waals surface area contributed by atoms with Crippen LogP contribution in [-0.4, -0.2) is 41.7 Å². The van der Waals surface area contributed by atoms with Gasteiger partial charge in [0.25, 0.3) is 0 Å². The molecule has 1 aromatic heterocycles. The van der Waals surface area contributed by atoms with Gasteiger partial charge in [-0.25, -0.2) is 9.97 Å². The lowest BCUT2D eigenvalue weighted by Crippen LogP contribution is -2.43. The fourth-order valence-electron chi connectivity index (χ4n) is 3.20. The van der Waals surface area contributed by atoms with Crippen molar-refractivity contribution in [2.45, 2.75) is 32.2 Å². The van der Waals surface area contributed by atoms with Gasteiger partial charge in [-0.2, -0.15) is 13.2 Å². The van der Waals surface area contributed by atoms with Crippen molar-refractivity contribution in [2.24, 2.45) is 5.92 Å². The van der Waals surface area contributed by atoms with Crippen LogP contribution in [0, 0.1) is 5.92 Å². The molecule has 29 heavy (non-hydrogen) atoms. The molecule has 1 aliphatic heterocycles. The lowest BCUT2D eigenvalue weighted by atomic mass is 9.97. The molecule has 2 aromatic rings. The van der Waals surface area contributed by atoms with Crippen molar-refractivity contribution < 1.29 is 22.7 Å². The summed E-state index contributed by atoms with van der Waals surface area (Å²) in [5.74, 6) is 0.471. The Morgan fingerprint density at radius 3 is 2.55 bits per heavy atom. The van der Waals surface area contributed by atoms with Gasteiger partial charge >= 0.3 is 6.18 Å². The van der Waals surface area contributed by atoms with Crippen molar-refractivity contribution in [3.63, 3.8) is 0 Å². The molecule has 1 unspecified atom stereocenters. The lowest BCUT2D eigenvalue weighted by Gasteiger charge is -2.31. The Morgan fingerprint density at radius 2 is 1.86 bits per heavy atom. The minimum Gasteiger partial charge on any atom is -0.367 e. The summed E-state index contributed by atoms with van der Waals surface area (Å²) in [4.78, 5) is 23.0. The van der Waals surface area contributed by atoms with Crippen LogP contribution in [0.15, 0.2) is 42.7 Å². The molecular formula is C20H23F3N4O2. The normalized spacial score (nSPS) is 17.2. The lowest BCUT2D eigenvalue weighted by molar-refractivity contribution is -0.176. The van der Waals surface area contributed by atoms with Crippen molar-refractivity contribution in [1.82, 2.24) is 15.3 Å². The highest BCUT2D eigenvalue weighted by Gasteiger charge is 2.28. The summed E-state index contributed by atoms with van der Waals surface area (Å²) in [6.45, 7) is 0.390. The van der Waals surface area contributed by atoms with Gasteiger partial charge in [-0.05, 0) is 30.0 Å². The Morgan fingerprint density at radius 1 is 1.17 bits per heavy atom. The molecule has 3 rings (SSSR count). The second kappa shape index (κ2) is 9.69. The molecular weight excluding hydrogens is 385 g/mol. The summed E-state index contributed by atoms with van der Waals surface area (Å²) in [7, 11) is 0. The number of carbonyl (C=O) groups excluding carboxylic acids is 1. The second-order valence-corrected chi connectivity index (χ2v) is 6.98. The summed E-state index contributed by atoms with van der Waals surface area (Å²) < 4.78 is 40.9. The van der Waals surface area contributed by atoms with Gasteiger partial charge in [-0.15, -0.1) is 0 Å². The zero-order chi connectivity index (χ0) is 20.7. The number of nitrogens with zero attached hydrogens (tertiary/aromatic N) is 3. The van der Waals surface area contributed by atoms with Gasteiger partial charge < -0.3 is 15.0 Å². The molecule has 1 aromatic carbocycles. The van der Waals surface area contributed by atoms with Crippen LogP contribution >= 0.6 is 0 Å². The molecule has 0 aliphatic carbocycles. The van der Waals surface area contributed by atoms with Gasteiger partial charge in [-0.3, -0.25) is 4.79 Å². The number of hydrogen-bond donors (Lipinski definition) is 1. The first kappa shape index (κ1) is 21.0. The molecule has 0 saturated carbocycles. The monoisotopic (exact) mass is 408 g/mol. The molecule has 9 heteroatoms. The zero-order valence-corrected chi connectivity index (χ0v) is 15.9. The molecule has 1 aliphatic rings. The van der Waals surface area contributed by atoms with E-state index in [2.05, 4.69) is 20.0 Å². The highest BCUT2D eigenvalue weighted by molar-refractivity contribution is 5.79. The number of halogens is 3. The van der Waals surface area contributed by atoms with E-state index in [0.29, 0.717) is 24.6 Å². The minimum atomic E-state index is -4.33. The number of rotatable bonds is 7. The first-order valence-corrected chi connectivity index (χ1v) is 9.43. The summed E-state index contributed by atoms with van der Waals surface area (Å²) in [5.41, 5.74) is 1.52. The van der Waals surface area contributed by atoms with Crippen LogP contribution in [-0.2, 0) is 22.7 Å². The smallest absolute Gasteiger partial charge is 0.367 e. The predicted octanol–water partition coefficient (Wildman–Crippen LogP) is 3.09. The Labute approximate surface area is 167 Å². The van der Waals surface area contributed by atoms with Gasteiger partial charge in [0.15, 0.2) is 0 Å². The van der Waals surface area contributed by atoms with Crippen LogP contribution in [0.1, 0.15) is 24.0 Å². The van der Waals surface area contributed by atoms with E-state index in [4.69, 9.17) is 0 Å². The number of carbonyl (C=O) groups is 1. The number of nitrogens with one attached hydrogen (secondary N) is 1. The summed E-state index contributed by atoms with van der Waals surface area (Å²) >= 11 is 0. The summed E-state index contributed by atoms with van der Waals surface area (Å²) in [6.07, 6.45) is 0.743. The van der Waals surface area contributed by atoms with Crippen molar-refractivity contribution in [3.8, 4) is 0 Å². The van der Waals surface area contributed by atoms with Gasteiger partial charge in [-0.1, -0.05) is 24.3 Å². The summed E-state index contributed by atoms with van der Waals surface area (Å²) in [5, 5.41) is 2.94. The van der Waals surface area contributed by atoms with E-state index in [9.17, 15) is 18.0 Å². The topological polar surface area (TPSA) is 67.3 Å². The molecule has 1 N–H and O–H groups in total. The quantitative estimate of drug-likeness (QED) is 0.763. The number of alkyl halides is 3. The van der Waals surface area contributed by atoms with E-state index in [1.165, 1.54) is 0 Å². The first-order chi connectivity index (χ1) is 13.9. The van der Waals surface area contributed by atoms with Crippen LogP contribution in [0.4, 0.5) is 19.1 Å². The molecule has 0 radical (unpaired) electrons. The molecule has 0 spiro atoms. The van der Waals surface area contributed by atoms with Crippen molar-refractivity contribution in [1.29, 1.82) is 0 Å². The summed E-state index contributed by atoms with van der Waals surface area (Å²) in [6, 6.07) is 8.71. The number of benzene rings is 1. The highest BCUT2D eigenvalue weighted by atomic mass is 19.4. The molecule has 1 fully saturated rings. The average molecular weight is 408 g/mol. The van der Waals surface area contributed by atoms with Crippen molar-refractivity contribution in [3.05, 3.63) is 53.9 Å². The molecule has 1 amide bonds. The fraction of sp³-hybridized carbons (Fsp3) is 0.450. The Kier molecular flexibility index (Phi) is 7.03. The Hall–Kier alpha value is -2.68. The van der Waals surface area contributed by atoms with Crippen LogP contribution in [0.25, 0.3) is 0 Å². The van der Waals surface area contributed by atoms with Gasteiger partial charge in [0.1, 0.15) is 6.61 Å². The van der Waals surface area contributed by atoms with E-state index >= 15 is 0 Å². The van der Waals surface area contributed by atoms with Crippen LogP contribution in [0.3, 0.4) is 0 Å². The van der Waals surface area contributed by atoms with Crippen LogP contribution < -0.4 is 10.2 Å². The number of amides is 1. The number of piperidine rings is 1.